The number of carbonyl (C=O) groups is 2. The van der Waals surface area contributed by atoms with E-state index in [0.717, 1.165) is 24.0 Å². The van der Waals surface area contributed by atoms with Gasteiger partial charge in [0, 0.05) is 30.3 Å². The predicted octanol–water partition coefficient (Wildman–Crippen LogP) is 2.67. The summed E-state index contributed by atoms with van der Waals surface area (Å²) in [6, 6.07) is 10.1. The zero-order valence-electron chi connectivity index (χ0n) is 17.4. The van der Waals surface area contributed by atoms with Crippen LogP contribution in [0.1, 0.15) is 39.9 Å². The van der Waals surface area contributed by atoms with Crippen LogP contribution in [0.4, 0.5) is 5.69 Å². The molecule has 0 bridgehead atoms. The highest BCUT2D eigenvalue weighted by Gasteiger charge is 2.29. The number of hydrogen-bond acceptors (Lipinski definition) is 4. The zero-order valence-corrected chi connectivity index (χ0v) is 18.2. The lowest BCUT2D eigenvalue weighted by atomic mass is 10.1. The van der Waals surface area contributed by atoms with E-state index in [9.17, 15) is 18.0 Å². The average molecular weight is 430 g/mol. The first kappa shape index (κ1) is 22.0. The largest absolute Gasteiger partial charge is 0.351 e. The lowest BCUT2D eigenvalue weighted by Crippen LogP contribution is -2.35. The number of hydrogen-bond donors (Lipinski definition) is 3. The summed E-state index contributed by atoms with van der Waals surface area (Å²) in [6.07, 6.45) is 1.86. The molecule has 3 N–H and O–H groups in total. The van der Waals surface area contributed by atoms with Crippen LogP contribution in [0.2, 0.25) is 0 Å². The van der Waals surface area contributed by atoms with Gasteiger partial charge >= 0.3 is 0 Å². The molecule has 0 saturated heterocycles. The summed E-state index contributed by atoms with van der Waals surface area (Å²) >= 11 is 0. The van der Waals surface area contributed by atoms with Crippen molar-refractivity contribution in [3.05, 3.63) is 58.7 Å². The molecule has 0 radical (unpaired) electrons. The van der Waals surface area contributed by atoms with E-state index in [4.69, 9.17) is 0 Å². The highest BCUT2D eigenvalue weighted by atomic mass is 32.2. The van der Waals surface area contributed by atoms with E-state index in [1.807, 2.05) is 19.9 Å². The van der Waals surface area contributed by atoms with Crippen molar-refractivity contribution in [3.63, 3.8) is 0 Å². The SMILES string of the molecule is Cc1cc(C)c(S(=O)(=O)NCCNC(=O)c2ccc(NC(=O)C3CC3)cc2)cc1C. The van der Waals surface area contributed by atoms with E-state index in [1.165, 1.54) is 0 Å². The van der Waals surface area contributed by atoms with Crippen LogP contribution in [-0.2, 0) is 14.8 Å². The van der Waals surface area contributed by atoms with Crippen molar-refractivity contribution in [1.29, 1.82) is 0 Å². The smallest absolute Gasteiger partial charge is 0.251 e. The summed E-state index contributed by atoms with van der Waals surface area (Å²) < 4.78 is 27.6. The minimum absolute atomic E-state index is 0.0125. The fourth-order valence-corrected chi connectivity index (χ4v) is 4.40. The van der Waals surface area contributed by atoms with Crippen LogP contribution in [-0.4, -0.2) is 33.3 Å². The molecule has 1 saturated carbocycles. The topological polar surface area (TPSA) is 104 Å². The molecule has 0 heterocycles. The second-order valence-electron chi connectivity index (χ2n) is 7.70. The highest BCUT2D eigenvalue weighted by Crippen LogP contribution is 2.30. The van der Waals surface area contributed by atoms with E-state index in [0.29, 0.717) is 16.8 Å². The minimum atomic E-state index is -3.65. The van der Waals surface area contributed by atoms with Gasteiger partial charge in [-0.3, -0.25) is 9.59 Å². The first-order valence-electron chi connectivity index (χ1n) is 9.94. The van der Waals surface area contributed by atoms with Crippen LogP contribution in [0, 0.1) is 26.7 Å². The van der Waals surface area contributed by atoms with Gasteiger partial charge in [0.25, 0.3) is 5.91 Å². The van der Waals surface area contributed by atoms with Crippen molar-refractivity contribution in [2.75, 3.05) is 18.4 Å². The molecule has 1 aliphatic carbocycles. The molecule has 160 valence electrons. The number of benzene rings is 2. The third-order valence-electron chi connectivity index (χ3n) is 5.15. The van der Waals surface area contributed by atoms with Crippen molar-refractivity contribution >= 4 is 27.5 Å². The van der Waals surface area contributed by atoms with Gasteiger partial charge in [0.2, 0.25) is 15.9 Å². The van der Waals surface area contributed by atoms with E-state index >= 15 is 0 Å². The normalized spacial score (nSPS) is 13.7. The van der Waals surface area contributed by atoms with Crippen molar-refractivity contribution < 1.29 is 18.0 Å². The van der Waals surface area contributed by atoms with Gasteiger partial charge in [-0.1, -0.05) is 6.07 Å². The van der Waals surface area contributed by atoms with Crippen LogP contribution >= 0.6 is 0 Å². The Kier molecular flexibility index (Phi) is 6.58. The summed E-state index contributed by atoms with van der Waals surface area (Å²) in [6.45, 7) is 5.81. The van der Waals surface area contributed by atoms with Crippen LogP contribution < -0.4 is 15.4 Å². The van der Waals surface area contributed by atoms with Gasteiger partial charge < -0.3 is 10.6 Å². The van der Waals surface area contributed by atoms with Crippen LogP contribution in [0.25, 0.3) is 0 Å². The molecule has 3 rings (SSSR count). The molecule has 0 aromatic heterocycles. The molecular formula is C22H27N3O4S. The van der Waals surface area contributed by atoms with Gasteiger partial charge in [-0.05, 0) is 80.6 Å². The van der Waals surface area contributed by atoms with Crippen molar-refractivity contribution in [1.82, 2.24) is 10.0 Å². The predicted molar refractivity (Wildman–Crippen MR) is 116 cm³/mol. The van der Waals surface area contributed by atoms with Gasteiger partial charge in [0.15, 0.2) is 0 Å². The number of amides is 2. The van der Waals surface area contributed by atoms with Gasteiger partial charge in [0.1, 0.15) is 0 Å². The maximum atomic E-state index is 12.6. The molecule has 2 aromatic carbocycles. The first-order chi connectivity index (χ1) is 14.2. The Balaban J connectivity index is 1.49. The number of anilines is 1. The summed E-state index contributed by atoms with van der Waals surface area (Å²) in [5.41, 5.74) is 3.72. The van der Waals surface area contributed by atoms with Crippen molar-refractivity contribution in [3.8, 4) is 0 Å². The zero-order chi connectivity index (χ0) is 21.9. The Bertz CT molecular complexity index is 1060. The minimum Gasteiger partial charge on any atom is -0.351 e. The molecule has 1 aliphatic rings. The number of nitrogens with one attached hydrogen (secondary N) is 3. The van der Waals surface area contributed by atoms with Gasteiger partial charge in [0.05, 0.1) is 4.90 Å². The van der Waals surface area contributed by atoms with E-state index in [-0.39, 0.29) is 35.7 Å². The van der Waals surface area contributed by atoms with Gasteiger partial charge in [-0.25, -0.2) is 13.1 Å². The van der Waals surface area contributed by atoms with Gasteiger partial charge in [-0.2, -0.15) is 0 Å². The van der Waals surface area contributed by atoms with Crippen molar-refractivity contribution in [2.45, 2.75) is 38.5 Å². The molecule has 8 heteroatoms. The third kappa shape index (κ3) is 5.46. The monoisotopic (exact) mass is 429 g/mol. The van der Waals surface area contributed by atoms with Crippen molar-refractivity contribution in [2.24, 2.45) is 5.92 Å². The molecule has 1 fully saturated rings. The fourth-order valence-electron chi connectivity index (χ4n) is 3.06. The maximum Gasteiger partial charge on any atom is 0.251 e. The quantitative estimate of drug-likeness (QED) is 0.561. The lowest BCUT2D eigenvalue weighted by Gasteiger charge is -2.12. The van der Waals surface area contributed by atoms with Crippen LogP contribution in [0.3, 0.4) is 0 Å². The standard InChI is InChI=1S/C22H27N3O4S/c1-14-12-16(3)20(13-15(14)2)30(28,29)24-11-10-23-21(26)17-6-8-19(9-7-17)25-22(27)18-4-5-18/h6-9,12-13,18,24H,4-5,10-11H2,1-3H3,(H,23,26)(H,25,27). The Labute approximate surface area is 177 Å². The number of sulfonamides is 1. The van der Waals surface area contributed by atoms with E-state index in [2.05, 4.69) is 15.4 Å². The Morgan fingerprint density at radius 2 is 1.57 bits per heavy atom. The van der Waals surface area contributed by atoms with Crippen LogP contribution in [0.5, 0.6) is 0 Å². The number of carbonyl (C=O) groups excluding carboxylic acids is 2. The Hall–Kier alpha value is -2.71. The first-order valence-corrected chi connectivity index (χ1v) is 11.4. The van der Waals surface area contributed by atoms with Gasteiger partial charge in [-0.15, -0.1) is 0 Å². The molecule has 0 aliphatic heterocycles. The molecule has 2 aromatic rings. The second-order valence-corrected chi connectivity index (χ2v) is 9.43. The molecule has 0 unspecified atom stereocenters. The third-order valence-corrected chi connectivity index (χ3v) is 6.75. The lowest BCUT2D eigenvalue weighted by molar-refractivity contribution is -0.117. The molecule has 30 heavy (non-hydrogen) atoms. The average Bonchev–Trinajstić information content (AvgIpc) is 3.54. The molecule has 2 amide bonds. The van der Waals surface area contributed by atoms with Crippen LogP contribution in [0.15, 0.2) is 41.3 Å². The van der Waals surface area contributed by atoms with E-state index < -0.39 is 10.0 Å². The fraction of sp³-hybridized carbons (Fsp3) is 0.364. The molecular weight excluding hydrogens is 402 g/mol. The maximum absolute atomic E-state index is 12.6. The molecule has 0 atom stereocenters. The molecule has 0 spiro atoms. The summed E-state index contributed by atoms with van der Waals surface area (Å²) in [5.74, 6) is -0.181. The Morgan fingerprint density at radius 1 is 0.933 bits per heavy atom. The number of rotatable bonds is 8. The van der Waals surface area contributed by atoms with E-state index in [1.54, 1.807) is 37.3 Å². The second kappa shape index (κ2) is 8.97. The summed E-state index contributed by atoms with van der Waals surface area (Å²) in [5, 5.41) is 5.51. The summed E-state index contributed by atoms with van der Waals surface area (Å²) in [4.78, 5) is 24.3. The molecule has 7 nitrogen and oxygen atoms in total. The Morgan fingerprint density at radius 3 is 2.20 bits per heavy atom. The highest BCUT2D eigenvalue weighted by molar-refractivity contribution is 7.89. The summed E-state index contributed by atoms with van der Waals surface area (Å²) in [7, 11) is -3.65. The number of aryl methyl sites for hydroxylation is 3.